The molecule has 2 rings (SSSR count). The zero-order valence-corrected chi connectivity index (χ0v) is 9.98. The van der Waals surface area contributed by atoms with E-state index in [4.69, 9.17) is 10.5 Å². The van der Waals surface area contributed by atoms with E-state index in [1.165, 1.54) is 12.8 Å². The summed E-state index contributed by atoms with van der Waals surface area (Å²) in [7, 11) is 0. The van der Waals surface area contributed by atoms with Crippen molar-refractivity contribution in [2.45, 2.75) is 51.4 Å². The van der Waals surface area contributed by atoms with Gasteiger partial charge < -0.3 is 10.5 Å². The van der Waals surface area contributed by atoms with Crippen molar-refractivity contribution in [2.75, 3.05) is 19.6 Å². The van der Waals surface area contributed by atoms with Crippen LogP contribution < -0.4 is 5.73 Å². The number of hydrogen-bond donors (Lipinski definition) is 1. The number of hydrogen-bond acceptors (Lipinski definition) is 3. The van der Waals surface area contributed by atoms with Crippen LogP contribution in [0.25, 0.3) is 0 Å². The maximum absolute atomic E-state index is 6.11. The molecule has 3 heteroatoms. The maximum Gasteiger partial charge on any atom is 0.0678 e. The fraction of sp³-hybridized carbons (Fsp3) is 1.00. The Morgan fingerprint density at radius 1 is 1.27 bits per heavy atom. The van der Waals surface area contributed by atoms with Gasteiger partial charge in [-0.3, -0.25) is 4.90 Å². The van der Waals surface area contributed by atoms with E-state index in [0.717, 1.165) is 32.0 Å². The Morgan fingerprint density at radius 3 is 2.40 bits per heavy atom. The predicted octanol–water partition coefficient (Wildman–Crippen LogP) is 1.22. The Bertz CT molecular complexity index is 196. The van der Waals surface area contributed by atoms with Gasteiger partial charge in [-0.1, -0.05) is 0 Å². The highest BCUT2D eigenvalue weighted by atomic mass is 16.5. The summed E-state index contributed by atoms with van der Waals surface area (Å²) < 4.78 is 5.71. The predicted molar refractivity (Wildman–Crippen MR) is 61.8 cm³/mol. The Labute approximate surface area is 93.0 Å². The van der Waals surface area contributed by atoms with Crippen LogP contribution in [0.15, 0.2) is 0 Å². The minimum atomic E-state index is 0.380. The lowest BCUT2D eigenvalue weighted by atomic mass is 10.1. The normalized spacial score (nSPS) is 35.4. The van der Waals surface area contributed by atoms with Gasteiger partial charge in [0.2, 0.25) is 0 Å². The van der Waals surface area contributed by atoms with Gasteiger partial charge in [-0.15, -0.1) is 0 Å². The third-order valence-electron chi connectivity index (χ3n) is 3.50. The van der Waals surface area contributed by atoms with Crippen LogP contribution in [0.1, 0.15) is 33.1 Å². The Morgan fingerprint density at radius 2 is 1.87 bits per heavy atom. The lowest BCUT2D eigenvalue weighted by Crippen LogP contribution is -2.46. The van der Waals surface area contributed by atoms with Crippen LogP contribution in [-0.4, -0.2) is 42.8 Å². The first-order chi connectivity index (χ1) is 7.15. The molecule has 0 spiro atoms. The molecule has 88 valence electrons. The van der Waals surface area contributed by atoms with Crippen LogP contribution in [0.2, 0.25) is 0 Å². The van der Waals surface area contributed by atoms with Crippen molar-refractivity contribution in [3.05, 3.63) is 0 Å². The highest BCUT2D eigenvalue weighted by molar-refractivity contribution is 4.85. The quantitative estimate of drug-likeness (QED) is 0.761. The number of ether oxygens (including phenoxy) is 1. The van der Waals surface area contributed by atoms with E-state index in [0.29, 0.717) is 18.2 Å². The summed E-state index contributed by atoms with van der Waals surface area (Å²) in [5.41, 5.74) is 6.11. The molecule has 0 aromatic carbocycles. The molecule has 1 saturated carbocycles. The van der Waals surface area contributed by atoms with Crippen molar-refractivity contribution in [1.82, 2.24) is 4.90 Å². The second-order valence-corrected chi connectivity index (χ2v) is 5.31. The Hall–Kier alpha value is -0.120. The van der Waals surface area contributed by atoms with Gasteiger partial charge in [0, 0.05) is 19.1 Å². The topological polar surface area (TPSA) is 38.5 Å². The molecule has 0 amide bonds. The average molecular weight is 212 g/mol. The van der Waals surface area contributed by atoms with Crippen LogP contribution >= 0.6 is 0 Å². The first-order valence-electron chi connectivity index (χ1n) is 6.28. The molecular weight excluding hydrogens is 188 g/mol. The number of morpholine rings is 1. The fourth-order valence-electron chi connectivity index (χ4n) is 2.56. The summed E-state index contributed by atoms with van der Waals surface area (Å²) in [5.74, 6) is 0.834. The van der Waals surface area contributed by atoms with E-state index in [1.54, 1.807) is 0 Å². The molecule has 1 saturated heterocycles. The van der Waals surface area contributed by atoms with Gasteiger partial charge in [0.15, 0.2) is 0 Å². The van der Waals surface area contributed by atoms with E-state index in [2.05, 4.69) is 18.7 Å². The maximum atomic E-state index is 6.11. The fourth-order valence-corrected chi connectivity index (χ4v) is 2.56. The molecule has 0 bridgehead atoms. The molecule has 0 aromatic heterocycles. The van der Waals surface area contributed by atoms with E-state index in [1.807, 2.05) is 0 Å². The van der Waals surface area contributed by atoms with Crippen LogP contribution in [0, 0.1) is 5.92 Å². The molecule has 2 N–H and O–H groups in total. The number of nitrogens with two attached hydrogens (primary N) is 1. The SMILES string of the molecule is C[C@@H]1CN(CCC(N)C2CC2)C[C@H](C)O1. The van der Waals surface area contributed by atoms with Crippen LogP contribution in [-0.2, 0) is 4.74 Å². The third kappa shape index (κ3) is 3.44. The van der Waals surface area contributed by atoms with Crippen molar-refractivity contribution in [1.29, 1.82) is 0 Å². The van der Waals surface area contributed by atoms with Gasteiger partial charge in [0.25, 0.3) is 0 Å². The smallest absolute Gasteiger partial charge is 0.0678 e. The van der Waals surface area contributed by atoms with Gasteiger partial charge in [-0.25, -0.2) is 0 Å². The summed E-state index contributed by atoms with van der Waals surface area (Å²) in [6.45, 7) is 7.60. The van der Waals surface area contributed by atoms with Crippen molar-refractivity contribution in [3.8, 4) is 0 Å². The summed E-state index contributed by atoms with van der Waals surface area (Å²) >= 11 is 0. The van der Waals surface area contributed by atoms with Crippen molar-refractivity contribution in [3.63, 3.8) is 0 Å². The second-order valence-electron chi connectivity index (χ2n) is 5.31. The standard InChI is InChI=1S/C12H24N2O/c1-9-7-14(8-10(2)15-9)6-5-12(13)11-3-4-11/h9-12H,3-8,13H2,1-2H3/t9-,10+,12?. The largest absolute Gasteiger partial charge is 0.373 e. The molecule has 0 aromatic rings. The zero-order chi connectivity index (χ0) is 10.8. The molecule has 0 radical (unpaired) electrons. The zero-order valence-electron chi connectivity index (χ0n) is 9.98. The molecule has 15 heavy (non-hydrogen) atoms. The lowest BCUT2D eigenvalue weighted by Gasteiger charge is -2.35. The van der Waals surface area contributed by atoms with Gasteiger partial charge in [0.1, 0.15) is 0 Å². The van der Waals surface area contributed by atoms with E-state index in [-0.39, 0.29) is 0 Å². The molecule has 1 unspecified atom stereocenters. The molecule has 1 aliphatic heterocycles. The first kappa shape index (κ1) is 11.4. The Balaban J connectivity index is 1.68. The van der Waals surface area contributed by atoms with E-state index < -0.39 is 0 Å². The minimum Gasteiger partial charge on any atom is -0.373 e. The molecular formula is C12H24N2O. The van der Waals surface area contributed by atoms with Crippen molar-refractivity contribution >= 4 is 0 Å². The van der Waals surface area contributed by atoms with Crippen LogP contribution in [0.5, 0.6) is 0 Å². The summed E-state index contributed by atoms with van der Waals surface area (Å²) in [4.78, 5) is 2.50. The second kappa shape index (κ2) is 4.81. The van der Waals surface area contributed by atoms with Gasteiger partial charge >= 0.3 is 0 Å². The van der Waals surface area contributed by atoms with Crippen LogP contribution in [0.3, 0.4) is 0 Å². The molecule has 1 heterocycles. The van der Waals surface area contributed by atoms with E-state index in [9.17, 15) is 0 Å². The monoisotopic (exact) mass is 212 g/mol. The average Bonchev–Trinajstić information content (AvgIpc) is 2.95. The molecule has 3 atom stereocenters. The highest BCUT2D eigenvalue weighted by Gasteiger charge is 2.29. The molecule has 2 fully saturated rings. The molecule has 1 aliphatic carbocycles. The summed E-state index contributed by atoms with van der Waals surface area (Å²) in [6.07, 6.45) is 4.63. The van der Waals surface area contributed by atoms with Crippen LogP contribution in [0.4, 0.5) is 0 Å². The van der Waals surface area contributed by atoms with E-state index >= 15 is 0 Å². The van der Waals surface area contributed by atoms with Crippen molar-refractivity contribution < 1.29 is 4.74 Å². The molecule has 3 nitrogen and oxygen atoms in total. The van der Waals surface area contributed by atoms with Crippen molar-refractivity contribution in [2.24, 2.45) is 11.7 Å². The number of nitrogens with zero attached hydrogens (tertiary/aromatic N) is 1. The van der Waals surface area contributed by atoms with Gasteiger partial charge in [0.05, 0.1) is 12.2 Å². The number of rotatable bonds is 4. The van der Waals surface area contributed by atoms with Gasteiger partial charge in [-0.2, -0.15) is 0 Å². The minimum absolute atomic E-state index is 0.380. The van der Waals surface area contributed by atoms with Gasteiger partial charge in [-0.05, 0) is 45.6 Å². The Kier molecular flexibility index (Phi) is 3.65. The third-order valence-corrected chi connectivity index (χ3v) is 3.50. The summed E-state index contributed by atoms with van der Waals surface area (Å²) in [6, 6.07) is 0.443. The lowest BCUT2D eigenvalue weighted by molar-refractivity contribution is -0.0684. The molecule has 2 aliphatic rings. The highest BCUT2D eigenvalue weighted by Crippen LogP contribution is 2.32. The summed E-state index contributed by atoms with van der Waals surface area (Å²) in [5, 5.41) is 0. The first-order valence-corrected chi connectivity index (χ1v) is 6.28.